The molecular formula is C18H20F3NO2. The molecule has 0 radical (unpaired) electrons. The summed E-state index contributed by atoms with van der Waals surface area (Å²) in [5.74, 6) is -0.126. The number of hydrogen-bond donors (Lipinski definition) is 1. The van der Waals surface area contributed by atoms with Crippen LogP contribution in [0.15, 0.2) is 48.5 Å². The number of alkyl halides is 3. The molecule has 0 saturated heterocycles. The maximum Gasteiger partial charge on any atom is 0.419 e. The fourth-order valence-corrected chi connectivity index (χ4v) is 2.24. The Hall–Kier alpha value is -2.05. The molecular weight excluding hydrogens is 319 g/mol. The van der Waals surface area contributed by atoms with Crippen molar-refractivity contribution in [3.05, 3.63) is 65.2 Å². The van der Waals surface area contributed by atoms with Crippen molar-refractivity contribution >= 4 is 0 Å². The molecule has 0 amide bonds. The van der Waals surface area contributed by atoms with E-state index in [9.17, 15) is 13.2 Å². The van der Waals surface area contributed by atoms with E-state index in [0.29, 0.717) is 18.7 Å². The summed E-state index contributed by atoms with van der Waals surface area (Å²) >= 11 is 0. The monoisotopic (exact) mass is 339 g/mol. The molecule has 1 N–H and O–H groups in total. The summed E-state index contributed by atoms with van der Waals surface area (Å²) < 4.78 is 50.3. The molecule has 0 aliphatic heterocycles. The van der Waals surface area contributed by atoms with Gasteiger partial charge in [0.2, 0.25) is 0 Å². The average Bonchev–Trinajstić information content (AvgIpc) is 2.57. The Morgan fingerprint density at radius 2 is 1.75 bits per heavy atom. The Bertz CT molecular complexity index is 630. The number of hydrogen-bond acceptors (Lipinski definition) is 3. The summed E-state index contributed by atoms with van der Waals surface area (Å²) in [7, 11) is 1.57. The molecule has 6 heteroatoms. The van der Waals surface area contributed by atoms with Crippen molar-refractivity contribution in [3.8, 4) is 5.75 Å². The highest BCUT2D eigenvalue weighted by Crippen LogP contribution is 2.38. The van der Waals surface area contributed by atoms with Crippen LogP contribution < -0.4 is 10.1 Å². The molecule has 2 aromatic carbocycles. The van der Waals surface area contributed by atoms with Gasteiger partial charge in [-0.1, -0.05) is 42.5 Å². The number of halogens is 3. The number of para-hydroxylation sites is 1. The van der Waals surface area contributed by atoms with Crippen LogP contribution in [0, 0.1) is 0 Å². The predicted molar refractivity (Wildman–Crippen MR) is 85.8 cm³/mol. The fourth-order valence-electron chi connectivity index (χ4n) is 2.24. The molecule has 2 rings (SSSR count). The topological polar surface area (TPSA) is 30.5 Å². The quantitative estimate of drug-likeness (QED) is 0.737. The molecule has 0 saturated carbocycles. The molecule has 0 spiro atoms. The number of ether oxygens (including phenoxy) is 2. The fraction of sp³-hybridized carbons (Fsp3) is 0.333. The molecule has 3 nitrogen and oxygen atoms in total. The maximum absolute atomic E-state index is 13.3. The van der Waals surface area contributed by atoms with Gasteiger partial charge in [0.05, 0.1) is 12.2 Å². The predicted octanol–water partition coefficient (Wildman–Crippen LogP) is 4.02. The first kappa shape index (κ1) is 18.3. The van der Waals surface area contributed by atoms with Gasteiger partial charge in [-0.05, 0) is 11.6 Å². The third-order valence-corrected chi connectivity index (χ3v) is 3.43. The minimum absolute atomic E-state index is 0.0823. The van der Waals surface area contributed by atoms with Crippen LogP contribution in [0.4, 0.5) is 13.2 Å². The summed E-state index contributed by atoms with van der Waals surface area (Å²) in [6.07, 6.45) is -4.46. The average molecular weight is 339 g/mol. The van der Waals surface area contributed by atoms with Crippen molar-refractivity contribution < 1.29 is 22.6 Å². The third kappa shape index (κ3) is 5.25. The smallest absolute Gasteiger partial charge is 0.419 e. The van der Waals surface area contributed by atoms with Crippen molar-refractivity contribution in [3.63, 3.8) is 0 Å². The van der Waals surface area contributed by atoms with E-state index in [1.807, 2.05) is 30.3 Å². The van der Waals surface area contributed by atoms with E-state index in [4.69, 9.17) is 9.47 Å². The van der Waals surface area contributed by atoms with E-state index in [0.717, 1.165) is 11.6 Å². The van der Waals surface area contributed by atoms with Crippen LogP contribution in [0.3, 0.4) is 0 Å². The van der Waals surface area contributed by atoms with Gasteiger partial charge >= 0.3 is 6.18 Å². The Morgan fingerprint density at radius 3 is 2.42 bits per heavy atom. The van der Waals surface area contributed by atoms with Gasteiger partial charge in [-0.15, -0.1) is 0 Å². The summed E-state index contributed by atoms with van der Waals surface area (Å²) in [4.78, 5) is 0. The molecule has 0 fully saturated rings. The normalized spacial score (nSPS) is 11.5. The standard InChI is InChI=1S/C18H20F3NO2/c1-23-11-10-22-12-15-8-5-9-16(18(19,20)21)17(15)24-13-14-6-3-2-4-7-14/h2-9,22H,10-13H2,1H3. The van der Waals surface area contributed by atoms with Crippen molar-refractivity contribution in [2.75, 3.05) is 20.3 Å². The zero-order valence-electron chi connectivity index (χ0n) is 13.4. The van der Waals surface area contributed by atoms with E-state index >= 15 is 0 Å². The minimum Gasteiger partial charge on any atom is -0.488 e. The molecule has 130 valence electrons. The number of benzene rings is 2. The lowest BCUT2D eigenvalue weighted by Gasteiger charge is -2.18. The maximum atomic E-state index is 13.3. The van der Waals surface area contributed by atoms with Gasteiger partial charge < -0.3 is 14.8 Å². The second-order valence-corrected chi connectivity index (χ2v) is 5.24. The Kier molecular flexibility index (Phi) is 6.63. The molecule has 0 unspecified atom stereocenters. The van der Waals surface area contributed by atoms with Gasteiger partial charge in [-0.3, -0.25) is 0 Å². The molecule has 0 bridgehead atoms. The first-order valence-electron chi connectivity index (χ1n) is 7.58. The van der Waals surface area contributed by atoms with Gasteiger partial charge in [-0.2, -0.15) is 13.2 Å². The van der Waals surface area contributed by atoms with Crippen LogP contribution in [-0.4, -0.2) is 20.3 Å². The highest BCUT2D eigenvalue weighted by atomic mass is 19.4. The number of rotatable bonds is 8. The van der Waals surface area contributed by atoms with Gasteiger partial charge in [-0.25, -0.2) is 0 Å². The van der Waals surface area contributed by atoms with Gasteiger partial charge in [0.1, 0.15) is 12.4 Å². The van der Waals surface area contributed by atoms with Crippen molar-refractivity contribution in [1.82, 2.24) is 5.32 Å². The molecule has 24 heavy (non-hydrogen) atoms. The Labute approximate surface area is 139 Å². The lowest BCUT2D eigenvalue weighted by atomic mass is 10.1. The van der Waals surface area contributed by atoms with Gasteiger partial charge in [0.15, 0.2) is 0 Å². The van der Waals surface area contributed by atoms with Crippen LogP contribution in [0.5, 0.6) is 5.75 Å². The Balaban J connectivity index is 2.19. The Morgan fingerprint density at radius 1 is 1.00 bits per heavy atom. The third-order valence-electron chi connectivity index (χ3n) is 3.43. The van der Waals surface area contributed by atoms with E-state index in [-0.39, 0.29) is 18.9 Å². The van der Waals surface area contributed by atoms with Crippen molar-refractivity contribution in [1.29, 1.82) is 0 Å². The largest absolute Gasteiger partial charge is 0.488 e. The highest BCUT2D eigenvalue weighted by Gasteiger charge is 2.35. The van der Waals surface area contributed by atoms with Crippen LogP contribution >= 0.6 is 0 Å². The molecule has 0 atom stereocenters. The molecule has 2 aromatic rings. The first-order chi connectivity index (χ1) is 11.5. The summed E-state index contributed by atoms with van der Waals surface area (Å²) in [5, 5.41) is 3.05. The number of methoxy groups -OCH3 is 1. The lowest BCUT2D eigenvalue weighted by molar-refractivity contribution is -0.139. The highest BCUT2D eigenvalue weighted by molar-refractivity contribution is 5.43. The molecule has 0 aliphatic carbocycles. The van der Waals surface area contributed by atoms with Crippen LogP contribution in [0.1, 0.15) is 16.7 Å². The van der Waals surface area contributed by atoms with Crippen molar-refractivity contribution in [2.45, 2.75) is 19.3 Å². The van der Waals surface area contributed by atoms with Crippen molar-refractivity contribution in [2.24, 2.45) is 0 Å². The van der Waals surface area contributed by atoms with E-state index in [1.165, 1.54) is 6.07 Å². The molecule has 0 aliphatic rings. The molecule has 0 aromatic heterocycles. The zero-order valence-corrected chi connectivity index (χ0v) is 13.4. The number of nitrogens with one attached hydrogen (secondary N) is 1. The first-order valence-corrected chi connectivity index (χ1v) is 7.58. The van der Waals surface area contributed by atoms with Crippen LogP contribution in [0.2, 0.25) is 0 Å². The second kappa shape index (κ2) is 8.70. The minimum atomic E-state index is -4.46. The van der Waals surface area contributed by atoms with E-state index in [1.54, 1.807) is 13.2 Å². The van der Waals surface area contributed by atoms with E-state index in [2.05, 4.69) is 5.32 Å². The second-order valence-electron chi connectivity index (χ2n) is 5.24. The van der Waals surface area contributed by atoms with Gasteiger partial charge in [0, 0.05) is 25.8 Å². The SMILES string of the molecule is COCCNCc1cccc(C(F)(F)F)c1OCc1ccccc1. The summed E-state index contributed by atoms with van der Waals surface area (Å²) in [5.41, 5.74) is 0.522. The summed E-state index contributed by atoms with van der Waals surface area (Å²) in [6.45, 7) is 1.39. The van der Waals surface area contributed by atoms with E-state index < -0.39 is 11.7 Å². The molecule has 0 heterocycles. The van der Waals surface area contributed by atoms with Crippen LogP contribution in [0.25, 0.3) is 0 Å². The van der Waals surface area contributed by atoms with Crippen LogP contribution in [-0.2, 0) is 24.1 Å². The zero-order chi connectivity index (χ0) is 17.4. The summed E-state index contributed by atoms with van der Waals surface area (Å²) in [6, 6.07) is 13.2. The van der Waals surface area contributed by atoms with Gasteiger partial charge in [0.25, 0.3) is 0 Å². The lowest BCUT2D eigenvalue weighted by Crippen LogP contribution is -2.20.